The molecule has 0 heterocycles. The van der Waals surface area contributed by atoms with E-state index < -0.39 is 25.0 Å². The first-order valence-corrected chi connectivity index (χ1v) is 7.03. The number of phenolic OH excluding ortho intramolecular Hbond substituents is 1. The molecule has 0 spiro atoms. The molecule has 0 aromatic heterocycles. The number of phenols is 1. The lowest BCUT2D eigenvalue weighted by Crippen LogP contribution is -2.14. The SMILES string of the molecule is COc1ccc(C(=O)OCC(=O)c2ccc(OC(F)F)cc2)c(O)c1. The van der Waals surface area contributed by atoms with E-state index in [-0.39, 0.29) is 22.6 Å². The fraction of sp³-hybridized carbons (Fsp3) is 0.176. The summed E-state index contributed by atoms with van der Waals surface area (Å²) in [7, 11) is 1.41. The molecule has 0 aliphatic heterocycles. The van der Waals surface area contributed by atoms with Crippen LogP contribution in [0.1, 0.15) is 20.7 Å². The number of rotatable bonds is 7. The summed E-state index contributed by atoms with van der Waals surface area (Å²) in [6, 6.07) is 8.96. The van der Waals surface area contributed by atoms with E-state index in [2.05, 4.69) is 4.74 Å². The molecular weight excluding hydrogens is 338 g/mol. The fourth-order valence-electron chi connectivity index (χ4n) is 1.93. The molecule has 25 heavy (non-hydrogen) atoms. The van der Waals surface area contributed by atoms with Gasteiger partial charge in [-0.3, -0.25) is 4.79 Å². The van der Waals surface area contributed by atoms with E-state index in [0.717, 1.165) is 0 Å². The summed E-state index contributed by atoms with van der Waals surface area (Å²) in [6.07, 6.45) is 0. The molecule has 0 saturated heterocycles. The van der Waals surface area contributed by atoms with Crippen LogP contribution in [0.15, 0.2) is 42.5 Å². The lowest BCUT2D eigenvalue weighted by molar-refractivity contribution is -0.0498. The molecule has 132 valence electrons. The van der Waals surface area contributed by atoms with Crippen LogP contribution in [0.5, 0.6) is 17.2 Å². The van der Waals surface area contributed by atoms with Gasteiger partial charge >= 0.3 is 12.6 Å². The topological polar surface area (TPSA) is 82.1 Å². The highest BCUT2D eigenvalue weighted by Gasteiger charge is 2.16. The van der Waals surface area contributed by atoms with Crippen LogP contribution >= 0.6 is 0 Å². The first kappa shape index (κ1) is 18.2. The van der Waals surface area contributed by atoms with Gasteiger partial charge in [0.1, 0.15) is 22.8 Å². The third kappa shape index (κ3) is 4.90. The molecule has 8 heteroatoms. The summed E-state index contributed by atoms with van der Waals surface area (Å²) >= 11 is 0. The average molecular weight is 352 g/mol. The van der Waals surface area contributed by atoms with E-state index in [1.807, 2.05) is 0 Å². The predicted octanol–water partition coefficient (Wildman–Crippen LogP) is 3.04. The Bertz CT molecular complexity index is 758. The third-order valence-corrected chi connectivity index (χ3v) is 3.16. The van der Waals surface area contributed by atoms with Gasteiger partial charge in [0.2, 0.25) is 0 Å². The third-order valence-electron chi connectivity index (χ3n) is 3.16. The standard InChI is InChI=1S/C17H14F2O6/c1-23-12-6-7-13(14(20)8-12)16(22)24-9-15(21)10-2-4-11(5-3-10)25-17(18)19/h2-8,17,20H,9H2,1H3. The lowest BCUT2D eigenvalue weighted by Gasteiger charge is -2.08. The van der Waals surface area contributed by atoms with Crippen LogP contribution in [0.4, 0.5) is 8.78 Å². The quantitative estimate of drug-likeness (QED) is 0.609. The maximum absolute atomic E-state index is 12.1. The molecule has 2 rings (SSSR count). The van der Waals surface area contributed by atoms with Crippen molar-refractivity contribution in [2.75, 3.05) is 13.7 Å². The Morgan fingerprint density at radius 1 is 1.08 bits per heavy atom. The number of hydrogen-bond acceptors (Lipinski definition) is 6. The molecule has 6 nitrogen and oxygen atoms in total. The first-order valence-electron chi connectivity index (χ1n) is 7.03. The molecule has 0 atom stereocenters. The Kier molecular flexibility index (Phi) is 5.89. The number of aromatic hydroxyl groups is 1. The van der Waals surface area contributed by atoms with Gasteiger partial charge in [0.05, 0.1) is 7.11 Å². The number of alkyl halides is 2. The van der Waals surface area contributed by atoms with Gasteiger partial charge in [-0.2, -0.15) is 8.78 Å². The number of benzene rings is 2. The van der Waals surface area contributed by atoms with Crippen molar-refractivity contribution in [2.24, 2.45) is 0 Å². The van der Waals surface area contributed by atoms with E-state index in [4.69, 9.17) is 9.47 Å². The van der Waals surface area contributed by atoms with Crippen molar-refractivity contribution in [1.82, 2.24) is 0 Å². The second-order valence-electron chi connectivity index (χ2n) is 4.79. The Labute approximate surface area is 141 Å². The van der Waals surface area contributed by atoms with Crippen molar-refractivity contribution < 1.29 is 37.7 Å². The fourth-order valence-corrected chi connectivity index (χ4v) is 1.93. The zero-order valence-corrected chi connectivity index (χ0v) is 13.1. The Hall–Kier alpha value is -3.16. The Balaban J connectivity index is 1.96. The largest absolute Gasteiger partial charge is 0.507 e. The van der Waals surface area contributed by atoms with Crippen LogP contribution in [-0.2, 0) is 4.74 Å². The van der Waals surface area contributed by atoms with Crippen molar-refractivity contribution >= 4 is 11.8 Å². The Morgan fingerprint density at radius 2 is 1.72 bits per heavy atom. The van der Waals surface area contributed by atoms with Gasteiger partial charge in [-0.05, 0) is 36.4 Å². The minimum absolute atomic E-state index is 0.0910. The number of carbonyl (C=O) groups excluding carboxylic acids is 2. The average Bonchev–Trinajstić information content (AvgIpc) is 2.59. The summed E-state index contributed by atoms with van der Waals surface area (Å²) in [4.78, 5) is 23.8. The highest BCUT2D eigenvalue weighted by Crippen LogP contribution is 2.24. The van der Waals surface area contributed by atoms with Gasteiger partial charge in [0.25, 0.3) is 0 Å². The van der Waals surface area contributed by atoms with Crippen LogP contribution < -0.4 is 9.47 Å². The molecule has 2 aromatic rings. The second-order valence-corrected chi connectivity index (χ2v) is 4.79. The summed E-state index contributed by atoms with van der Waals surface area (Å²) in [5.74, 6) is -1.50. The second kappa shape index (κ2) is 8.09. The van der Waals surface area contributed by atoms with Crippen molar-refractivity contribution in [3.05, 3.63) is 53.6 Å². The molecule has 1 N–H and O–H groups in total. The van der Waals surface area contributed by atoms with Crippen LogP contribution in [0.2, 0.25) is 0 Å². The first-order chi connectivity index (χ1) is 11.9. The smallest absolute Gasteiger partial charge is 0.387 e. The van der Waals surface area contributed by atoms with Gasteiger partial charge in [0, 0.05) is 11.6 Å². The molecule has 0 bridgehead atoms. The Morgan fingerprint density at radius 3 is 2.28 bits per heavy atom. The molecule has 0 aliphatic rings. The number of esters is 1. The highest BCUT2D eigenvalue weighted by molar-refractivity contribution is 6.00. The number of carbonyl (C=O) groups is 2. The van der Waals surface area contributed by atoms with Crippen molar-refractivity contribution in [1.29, 1.82) is 0 Å². The van der Waals surface area contributed by atoms with E-state index >= 15 is 0 Å². The predicted molar refractivity (Wildman–Crippen MR) is 82.3 cm³/mol. The molecule has 0 fully saturated rings. The summed E-state index contributed by atoms with van der Waals surface area (Å²) in [5, 5.41) is 9.74. The minimum atomic E-state index is -2.96. The molecule has 2 aromatic carbocycles. The number of ether oxygens (including phenoxy) is 3. The van der Waals surface area contributed by atoms with Crippen LogP contribution in [-0.4, -0.2) is 37.2 Å². The summed E-state index contributed by atoms with van der Waals surface area (Å²) < 4.78 is 38.0. The van der Waals surface area contributed by atoms with E-state index in [1.165, 1.54) is 49.6 Å². The van der Waals surface area contributed by atoms with E-state index in [0.29, 0.717) is 5.75 Å². The van der Waals surface area contributed by atoms with Gasteiger partial charge in [-0.25, -0.2) is 4.79 Å². The molecule has 0 saturated carbocycles. The van der Waals surface area contributed by atoms with Crippen LogP contribution in [0.25, 0.3) is 0 Å². The number of Topliss-reactive ketones (excluding diaryl/α,β-unsaturated/α-hetero) is 1. The minimum Gasteiger partial charge on any atom is -0.507 e. The normalized spacial score (nSPS) is 10.4. The number of hydrogen-bond donors (Lipinski definition) is 1. The van der Waals surface area contributed by atoms with E-state index in [1.54, 1.807) is 0 Å². The van der Waals surface area contributed by atoms with Gasteiger partial charge in [-0.15, -0.1) is 0 Å². The van der Waals surface area contributed by atoms with Crippen LogP contribution in [0, 0.1) is 0 Å². The number of ketones is 1. The molecule has 0 amide bonds. The lowest BCUT2D eigenvalue weighted by atomic mass is 10.1. The monoisotopic (exact) mass is 352 g/mol. The number of halogens is 2. The molecular formula is C17H14F2O6. The van der Waals surface area contributed by atoms with Gasteiger partial charge in [-0.1, -0.05) is 0 Å². The molecule has 0 aliphatic carbocycles. The summed E-state index contributed by atoms with van der Waals surface area (Å²) in [5.41, 5.74) is 0.0441. The zero-order valence-electron chi connectivity index (χ0n) is 13.1. The summed E-state index contributed by atoms with van der Waals surface area (Å²) in [6.45, 7) is -3.53. The van der Waals surface area contributed by atoms with Gasteiger partial charge in [0.15, 0.2) is 12.4 Å². The molecule has 0 unspecified atom stereocenters. The van der Waals surface area contributed by atoms with Crippen LogP contribution in [0.3, 0.4) is 0 Å². The highest BCUT2D eigenvalue weighted by atomic mass is 19.3. The number of methoxy groups -OCH3 is 1. The zero-order chi connectivity index (χ0) is 18.4. The van der Waals surface area contributed by atoms with Crippen molar-refractivity contribution in [2.45, 2.75) is 6.61 Å². The maximum Gasteiger partial charge on any atom is 0.387 e. The molecule has 0 radical (unpaired) electrons. The van der Waals surface area contributed by atoms with E-state index in [9.17, 15) is 23.5 Å². The maximum atomic E-state index is 12.1. The van der Waals surface area contributed by atoms with Gasteiger partial charge < -0.3 is 19.3 Å². The van der Waals surface area contributed by atoms with Crippen molar-refractivity contribution in [3.8, 4) is 17.2 Å². The van der Waals surface area contributed by atoms with Crippen molar-refractivity contribution in [3.63, 3.8) is 0 Å².